The van der Waals surface area contributed by atoms with Gasteiger partial charge in [0.25, 0.3) is 0 Å². The first-order chi connectivity index (χ1) is 17.2. The van der Waals surface area contributed by atoms with Gasteiger partial charge >= 0.3 is 0 Å². The molecule has 2 aromatic rings. The molecule has 1 aliphatic rings. The van der Waals surface area contributed by atoms with E-state index in [1.54, 1.807) is 0 Å². The van der Waals surface area contributed by atoms with Crippen molar-refractivity contribution in [2.45, 2.75) is 89.8 Å². The second kappa shape index (κ2) is 15.4. The zero-order chi connectivity index (χ0) is 24.7. The largest absolute Gasteiger partial charge is 0.489 e. The molecule has 1 heterocycles. The van der Waals surface area contributed by atoms with E-state index in [-0.39, 0.29) is 12.4 Å². The molecule has 1 saturated heterocycles. The lowest BCUT2D eigenvalue weighted by Crippen LogP contribution is -2.27. The van der Waals surface area contributed by atoms with E-state index in [2.05, 4.69) is 25.3 Å². The van der Waals surface area contributed by atoms with Crippen LogP contribution in [-0.4, -0.2) is 24.1 Å². The summed E-state index contributed by atoms with van der Waals surface area (Å²) in [5.74, 6) is 7.00. The van der Waals surface area contributed by atoms with Crippen molar-refractivity contribution in [3.05, 3.63) is 77.9 Å². The summed E-state index contributed by atoms with van der Waals surface area (Å²) in [5.41, 5.74) is 2.78. The summed E-state index contributed by atoms with van der Waals surface area (Å²) in [6.07, 6.45) is 9.64. The van der Waals surface area contributed by atoms with Gasteiger partial charge in [-0.25, -0.2) is 0 Å². The Balaban J connectivity index is 1.67. The molecular weight excluding hydrogens is 436 g/mol. The standard InChI is InChI=1S/C31H40O4/c1-3-5-7-17-26(35-31-22-10-11-23-33-31)18-12-20-29(32)27-19-13-21-30(28(27)14-4-2)34-24-25-15-8-6-9-16-25/h4,6,8-9,13,15-16,19,21,26,29,31-32H,2-3,5,7,10-11,14,17-18,22-24H2,1H3/t26-,29-,31?/m0/s1. The molecule has 1 unspecified atom stereocenters. The fourth-order valence-corrected chi connectivity index (χ4v) is 4.29. The number of allylic oxidation sites excluding steroid dienone is 1. The molecule has 0 spiro atoms. The van der Waals surface area contributed by atoms with Crippen LogP contribution in [0, 0.1) is 11.8 Å². The molecular formula is C31H40O4. The summed E-state index contributed by atoms with van der Waals surface area (Å²) < 4.78 is 18.1. The highest BCUT2D eigenvalue weighted by molar-refractivity contribution is 5.44. The summed E-state index contributed by atoms with van der Waals surface area (Å²) in [6.45, 7) is 7.33. The number of benzene rings is 2. The van der Waals surface area contributed by atoms with Gasteiger partial charge in [-0.3, -0.25) is 0 Å². The molecule has 1 N–H and O–H groups in total. The van der Waals surface area contributed by atoms with Crippen LogP contribution >= 0.6 is 0 Å². The van der Waals surface area contributed by atoms with E-state index in [1.807, 2.05) is 54.6 Å². The van der Waals surface area contributed by atoms with E-state index >= 15 is 0 Å². The number of hydrogen-bond acceptors (Lipinski definition) is 4. The van der Waals surface area contributed by atoms with Crippen LogP contribution in [0.5, 0.6) is 5.75 Å². The van der Waals surface area contributed by atoms with Crippen LogP contribution in [0.15, 0.2) is 61.2 Å². The Morgan fingerprint density at radius 2 is 2.00 bits per heavy atom. The topological polar surface area (TPSA) is 47.9 Å². The zero-order valence-electron chi connectivity index (χ0n) is 21.1. The number of rotatable bonds is 13. The molecule has 3 atom stereocenters. The van der Waals surface area contributed by atoms with Crippen LogP contribution in [0.2, 0.25) is 0 Å². The number of hydrogen-bond donors (Lipinski definition) is 1. The predicted octanol–water partition coefficient (Wildman–Crippen LogP) is 6.91. The van der Waals surface area contributed by atoms with E-state index < -0.39 is 6.10 Å². The highest BCUT2D eigenvalue weighted by Crippen LogP contribution is 2.29. The van der Waals surface area contributed by atoms with E-state index in [0.717, 1.165) is 61.2 Å². The summed E-state index contributed by atoms with van der Waals surface area (Å²) in [6, 6.07) is 15.8. The normalized spacial score (nSPS) is 17.1. The van der Waals surface area contributed by atoms with Gasteiger partial charge in [0.1, 0.15) is 18.5 Å². The Morgan fingerprint density at radius 3 is 2.74 bits per heavy atom. The van der Waals surface area contributed by atoms with Crippen molar-refractivity contribution in [3.8, 4) is 17.6 Å². The highest BCUT2D eigenvalue weighted by Gasteiger charge is 2.19. The monoisotopic (exact) mass is 476 g/mol. The van der Waals surface area contributed by atoms with Crippen molar-refractivity contribution in [1.82, 2.24) is 0 Å². The van der Waals surface area contributed by atoms with Crippen LogP contribution in [0.25, 0.3) is 0 Å². The third-order valence-electron chi connectivity index (χ3n) is 6.23. The molecule has 35 heavy (non-hydrogen) atoms. The number of aliphatic hydroxyl groups is 1. The van der Waals surface area contributed by atoms with Crippen LogP contribution in [0.3, 0.4) is 0 Å². The summed E-state index contributed by atoms with van der Waals surface area (Å²) in [7, 11) is 0. The van der Waals surface area contributed by atoms with Gasteiger partial charge in [0, 0.05) is 18.6 Å². The molecule has 0 bridgehead atoms. The minimum atomic E-state index is -0.896. The number of unbranched alkanes of at least 4 members (excludes halogenated alkanes) is 2. The number of aliphatic hydroxyl groups excluding tert-OH is 1. The minimum absolute atomic E-state index is 0.0255. The van der Waals surface area contributed by atoms with Gasteiger partial charge in [0.05, 0.1) is 6.10 Å². The Hall–Kier alpha value is -2.58. The van der Waals surface area contributed by atoms with Crippen molar-refractivity contribution in [2.75, 3.05) is 6.61 Å². The lowest BCUT2D eigenvalue weighted by Gasteiger charge is -2.27. The molecule has 3 rings (SSSR count). The SMILES string of the molecule is C=CCc1c(OCc2ccccc2)cccc1[C@@H](O)C#CC[C@H](CCCCC)OC1CCCCO1. The molecule has 4 heteroatoms. The third-order valence-corrected chi connectivity index (χ3v) is 6.23. The molecule has 0 saturated carbocycles. The average molecular weight is 477 g/mol. The van der Waals surface area contributed by atoms with Gasteiger partial charge < -0.3 is 19.3 Å². The van der Waals surface area contributed by atoms with E-state index in [1.165, 1.54) is 12.8 Å². The maximum absolute atomic E-state index is 11.0. The van der Waals surface area contributed by atoms with Crippen molar-refractivity contribution >= 4 is 0 Å². The summed E-state index contributed by atoms with van der Waals surface area (Å²) >= 11 is 0. The fourth-order valence-electron chi connectivity index (χ4n) is 4.29. The van der Waals surface area contributed by atoms with Crippen molar-refractivity contribution in [1.29, 1.82) is 0 Å². The smallest absolute Gasteiger partial charge is 0.157 e. The highest BCUT2D eigenvalue weighted by atomic mass is 16.7. The average Bonchev–Trinajstić information content (AvgIpc) is 2.89. The maximum atomic E-state index is 11.0. The molecule has 0 radical (unpaired) electrons. The summed E-state index contributed by atoms with van der Waals surface area (Å²) in [4.78, 5) is 0. The van der Waals surface area contributed by atoms with Gasteiger partial charge in [-0.1, -0.05) is 86.6 Å². The van der Waals surface area contributed by atoms with Crippen molar-refractivity contribution in [2.24, 2.45) is 0 Å². The quantitative estimate of drug-likeness (QED) is 0.194. The first-order valence-corrected chi connectivity index (χ1v) is 13.0. The van der Waals surface area contributed by atoms with E-state index in [4.69, 9.17) is 14.2 Å². The minimum Gasteiger partial charge on any atom is -0.489 e. The van der Waals surface area contributed by atoms with Gasteiger partial charge in [0.2, 0.25) is 0 Å². The second-order valence-corrected chi connectivity index (χ2v) is 9.07. The molecule has 4 nitrogen and oxygen atoms in total. The molecule has 1 fully saturated rings. The van der Waals surface area contributed by atoms with Gasteiger partial charge in [-0.05, 0) is 49.3 Å². The predicted molar refractivity (Wildman–Crippen MR) is 141 cm³/mol. The van der Waals surface area contributed by atoms with Crippen molar-refractivity contribution < 1.29 is 19.3 Å². The van der Waals surface area contributed by atoms with Gasteiger partial charge in [0.15, 0.2) is 6.29 Å². The first-order valence-electron chi connectivity index (χ1n) is 13.0. The molecule has 188 valence electrons. The second-order valence-electron chi connectivity index (χ2n) is 9.07. The van der Waals surface area contributed by atoms with Crippen LogP contribution in [0.1, 0.15) is 81.1 Å². The van der Waals surface area contributed by atoms with E-state index in [9.17, 15) is 5.11 Å². The lowest BCUT2D eigenvalue weighted by molar-refractivity contribution is -0.188. The maximum Gasteiger partial charge on any atom is 0.157 e. The fraction of sp³-hybridized carbons (Fsp3) is 0.484. The molecule has 2 aromatic carbocycles. The van der Waals surface area contributed by atoms with Crippen LogP contribution < -0.4 is 4.74 Å². The Labute approximate surface area is 211 Å². The molecule has 0 amide bonds. The van der Waals surface area contributed by atoms with Crippen LogP contribution in [0.4, 0.5) is 0 Å². The lowest BCUT2D eigenvalue weighted by atomic mass is 9.98. The zero-order valence-corrected chi connectivity index (χ0v) is 21.1. The first kappa shape index (κ1) is 27.0. The van der Waals surface area contributed by atoms with Gasteiger partial charge in [-0.15, -0.1) is 6.58 Å². The number of ether oxygens (including phenoxy) is 3. The van der Waals surface area contributed by atoms with Crippen LogP contribution in [-0.2, 0) is 22.5 Å². The molecule has 0 aliphatic carbocycles. The van der Waals surface area contributed by atoms with Gasteiger partial charge in [-0.2, -0.15) is 0 Å². The van der Waals surface area contributed by atoms with Crippen molar-refractivity contribution in [3.63, 3.8) is 0 Å². The molecule has 0 aromatic heterocycles. The van der Waals surface area contributed by atoms with E-state index in [0.29, 0.717) is 19.4 Å². The Kier molecular flexibility index (Phi) is 11.9. The Bertz CT molecular complexity index is 937. The molecule has 1 aliphatic heterocycles. The summed E-state index contributed by atoms with van der Waals surface area (Å²) in [5, 5.41) is 11.0. The third kappa shape index (κ3) is 9.18. The Morgan fingerprint density at radius 1 is 1.14 bits per heavy atom.